The Morgan fingerprint density at radius 2 is 0.608 bits per heavy atom. The molecule has 0 bridgehead atoms. The maximum Gasteiger partial charge on any atom is 0.306 e. The third-order valence-corrected chi connectivity index (χ3v) is 15.7. The van der Waals surface area contributed by atoms with Gasteiger partial charge in [0.05, 0.1) is 37.6 Å². The number of aliphatic hydroxyl groups excluding tert-OH is 4. The Bertz CT molecular complexity index is 1130. The molecule has 438 valence electrons. The molecule has 0 amide bonds. The van der Waals surface area contributed by atoms with E-state index in [1.165, 1.54) is 154 Å². The first-order valence-corrected chi connectivity index (χ1v) is 31.9. The Kier molecular flexibility index (Phi) is 44.2. The first kappa shape index (κ1) is 68.7. The van der Waals surface area contributed by atoms with Crippen LogP contribution in [0.4, 0.5) is 0 Å². The molecule has 2 aliphatic rings. The number of nitrogens with zero attached hydrogens (tertiary/aromatic N) is 2. The van der Waals surface area contributed by atoms with Crippen molar-refractivity contribution < 1.29 is 49.0 Å². The summed E-state index contributed by atoms with van der Waals surface area (Å²) in [6.07, 6.45) is 39.5. The molecule has 0 radical (unpaired) electrons. The number of hydrogen-bond donors (Lipinski definition) is 4. The molecule has 2 rings (SSSR count). The summed E-state index contributed by atoms with van der Waals surface area (Å²) < 4.78 is 23.9. The van der Waals surface area contributed by atoms with Crippen molar-refractivity contribution in [2.75, 3.05) is 52.5 Å². The summed E-state index contributed by atoms with van der Waals surface area (Å²) in [5, 5.41) is 44.2. The van der Waals surface area contributed by atoms with E-state index < -0.39 is 48.8 Å². The van der Waals surface area contributed by atoms with Crippen LogP contribution in [0.3, 0.4) is 0 Å². The predicted octanol–water partition coefficient (Wildman–Crippen LogP) is 13.3. The molecule has 5 unspecified atom stereocenters. The van der Waals surface area contributed by atoms with Crippen molar-refractivity contribution in [3.8, 4) is 0 Å². The number of fused-ring (bicyclic) bond motifs is 1. The van der Waals surface area contributed by atoms with Crippen LogP contribution in [0.2, 0.25) is 0 Å². The SMILES string of the molecule is CCCCCCCCCCC(O)CN(CCCC(=O)O[C@@H]1CO[C@H]2C1OC[C@H]2OC(=O)CCCN(CC(O)CCCCCCCCCC)CC(O)CCCCCCCCCC)CC(O)CCCCCCCCCC. The Balaban J connectivity index is 1.81. The molecule has 0 spiro atoms. The number of rotatable bonds is 54. The highest BCUT2D eigenvalue weighted by Crippen LogP contribution is 2.31. The Morgan fingerprint density at radius 1 is 0.378 bits per heavy atom. The quantitative estimate of drug-likeness (QED) is 0.0338. The first-order valence-electron chi connectivity index (χ1n) is 31.9. The maximum atomic E-state index is 13.2. The molecule has 2 fully saturated rings. The van der Waals surface area contributed by atoms with E-state index in [1.54, 1.807) is 0 Å². The van der Waals surface area contributed by atoms with E-state index >= 15 is 0 Å². The van der Waals surface area contributed by atoms with E-state index in [0.717, 1.165) is 77.0 Å². The second-order valence-electron chi connectivity index (χ2n) is 23.0. The second-order valence-corrected chi connectivity index (χ2v) is 23.0. The molecule has 0 saturated carbocycles. The number of esters is 2. The molecule has 2 aliphatic heterocycles. The molecule has 12 heteroatoms. The summed E-state index contributed by atoms with van der Waals surface area (Å²) in [5.41, 5.74) is 0. The zero-order valence-electron chi connectivity index (χ0n) is 48.7. The number of unbranched alkanes of at least 4 members (excludes halogenated alkanes) is 28. The number of hydrogen-bond acceptors (Lipinski definition) is 12. The van der Waals surface area contributed by atoms with Crippen LogP contribution < -0.4 is 0 Å². The average Bonchev–Trinajstić information content (AvgIpc) is 3.97. The van der Waals surface area contributed by atoms with E-state index in [-0.39, 0.29) is 38.0 Å². The normalized spacial score (nSPS) is 19.3. The summed E-state index contributed by atoms with van der Waals surface area (Å²) >= 11 is 0. The number of aliphatic hydroxyl groups is 4. The van der Waals surface area contributed by atoms with Gasteiger partial charge in [0.25, 0.3) is 0 Å². The van der Waals surface area contributed by atoms with Crippen LogP contribution in [0.5, 0.6) is 0 Å². The minimum atomic E-state index is -0.586. The number of carbonyl (C=O) groups is 2. The molecule has 0 aromatic heterocycles. The third kappa shape index (κ3) is 36.7. The van der Waals surface area contributed by atoms with Crippen molar-refractivity contribution in [2.45, 2.75) is 333 Å². The zero-order chi connectivity index (χ0) is 53.7. The van der Waals surface area contributed by atoms with Crippen LogP contribution in [0, 0.1) is 0 Å². The summed E-state index contributed by atoms with van der Waals surface area (Å²) in [6, 6.07) is 0. The Labute approximate surface area is 454 Å². The van der Waals surface area contributed by atoms with Crippen molar-refractivity contribution in [3.63, 3.8) is 0 Å². The van der Waals surface area contributed by atoms with Gasteiger partial charge in [0.15, 0.2) is 12.2 Å². The molecule has 8 atom stereocenters. The Hall–Kier alpha value is -1.38. The molecule has 0 aromatic carbocycles. The highest BCUT2D eigenvalue weighted by Gasteiger charge is 2.51. The Morgan fingerprint density at radius 3 is 0.851 bits per heavy atom. The topological polar surface area (TPSA) is 158 Å². The first-order chi connectivity index (χ1) is 36.1. The van der Waals surface area contributed by atoms with Crippen LogP contribution in [-0.2, 0) is 28.5 Å². The summed E-state index contributed by atoms with van der Waals surface area (Å²) in [7, 11) is 0. The van der Waals surface area contributed by atoms with E-state index in [1.807, 2.05) is 0 Å². The minimum absolute atomic E-state index is 0.175. The molecular weight excluding hydrogens is 933 g/mol. The molecule has 74 heavy (non-hydrogen) atoms. The number of ether oxygens (including phenoxy) is 4. The van der Waals surface area contributed by atoms with Gasteiger partial charge in [-0.2, -0.15) is 0 Å². The van der Waals surface area contributed by atoms with Gasteiger partial charge in [-0.05, 0) is 51.6 Å². The van der Waals surface area contributed by atoms with Crippen LogP contribution in [-0.4, -0.2) is 143 Å². The van der Waals surface area contributed by atoms with Crippen LogP contribution in [0.1, 0.15) is 285 Å². The van der Waals surface area contributed by atoms with Crippen LogP contribution >= 0.6 is 0 Å². The van der Waals surface area contributed by atoms with Gasteiger partial charge in [-0.25, -0.2) is 0 Å². The lowest BCUT2D eigenvalue weighted by molar-refractivity contribution is -0.155. The van der Waals surface area contributed by atoms with Gasteiger partial charge < -0.3 is 39.4 Å². The van der Waals surface area contributed by atoms with Gasteiger partial charge in [0.1, 0.15) is 12.2 Å². The van der Waals surface area contributed by atoms with Gasteiger partial charge in [-0.3, -0.25) is 19.4 Å². The van der Waals surface area contributed by atoms with Gasteiger partial charge in [0, 0.05) is 39.0 Å². The van der Waals surface area contributed by atoms with E-state index in [4.69, 9.17) is 18.9 Å². The summed E-state index contributed by atoms with van der Waals surface area (Å²) in [4.78, 5) is 30.7. The van der Waals surface area contributed by atoms with Gasteiger partial charge in [-0.1, -0.05) is 233 Å². The van der Waals surface area contributed by atoms with Crippen molar-refractivity contribution in [3.05, 3.63) is 0 Å². The number of carbonyl (C=O) groups excluding carboxylic acids is 2. The fraction of sp³-hybridized carbons (Fsp3) is 0.968. The second kappa shape index (κ2) is 47.6. The lowest BCUT2D eigenvalue weighted by Gasteiger charge is -2.27. The standard InChI is InChI=1S/C62H120N2O10/c1-5-9-13-17-21-25-29-33-39-53(65)47-63(48-54(66)40-34-30-26-22-18-14-10-6-2)45-37-43-59(69)73-57-51-71-62-58(52-72-61(57)62)74-60(70)44-38-46-64(49-55(67)41-35-31-27-23-19-15-11-7-3)50-56(68)42-36-32-28-24-20-16-12-8-4/h53-58,61-62,65-68H,5-52H2,1-4H3/t53?,54?,55?,56?,57-,58-,61-,62?/m1/s1. The molecule has 0 aromatic rings. The lowest BCUT2D eigenvalue weighted by Crippen LogP contribution is -2.39. The monoisotopic (exact) mass is 1050 g/mol. The minimum Gasteiger partial charge on any atom is -0.457 e. The van der Waals surface area contributed by atoms with Crippen molar-refractivity contribution in [1.29, 1.82) is 0 Å². The smallest absolute Gasteiger partial charge is 0.306 e. The molecular formula is C62H120N2O10. The lowest BCUT2D eigenvalue weighted by atomic mass is 10.0. The molecule has 2 heterocycles. The predicted molar refractivity (Wildman–Crippen MR) is 304 cm³/mol. The van der Waals surface area contributed by atoms with E-state index in [0.29, 0.717) is 52.1 Å². The maximum absolute atomic E-state index is 13.2. The molecule has 0 aliphatic carbocycles. The fourth-order valence-electron chi connectivity index (χ4n) is 11.1. The fourth-order valence-corrected chi connectivity index (χ4v) is 11.1. The zero-order valence-corrected chi connectivity index (χ0v) is 48.7. The molecule has 12 nitrogen and oxygen atoms in total. The van der Waals surface area contributed by atoms with E-state index in [9.17, 15) is 30.0 Å². The van der Waals surface area contributed by atoms with Gasteiger partial charge >= 0.3 is 11.9 Å². The highest BCUT2D eigenvalue weighted by molar-refractivity contribution is 5.70. The third-order valence-electron chi connectivity index (χ3n) is 15.7. The molecule has 4 N–H and O–H groups in total. The summed E-state index contributed by atoms with van der Waals surface area (Å²) in [5.74, 6) is -0.671. The van der Waals surface area contributed by atoms with Crippen LogP contribution in [0.25, 0.3) is 0 Å². The van der Waals surface area contributed by atoms with Gasteiger partial charge in [-0.15, -0.1) is 0 Å². The largest absolute Gasteiger partial charge is 0.457 e. The van der Waals surface area contributed by atoms with Crippen molar-refractivity contribution in [2.24, 2.45) is 0 Å². The van der Waals surface area contributed by atoms with Gasteiger partial charge in [0.2, 0.25) is 0 Å². The van der Waals surface area contributed by atoms with Crippen molar-refractivity contribution in [1.82, 2.24) is 9.80 Å². The molecule has 2 saturated heterocycles. The van der Waals surface area contributed by atoms with Crippen LogP contribution in [0.15, 0.2) is 0 Å². The van der Waals surface area contributed by atoms with E-state index in [2.05, 4.69) is 37.5 Å². The van der Waals surface area contributed by atoms with Crippen molar-refractivity contribution >= 4 is 11.9 Å². The average molecular weight is 1050 g/mol. The highest BCUT2D eigenvalue weighted by atomic mass is 16.7. The summed E-state index contributed by atoms with van der Waals surface area (Å²) in [6.45, 7) is 12.4.